The van der Waals surface area contributed by atoms with E-state index in [9.17, 15) is 18.0 Å². The predicted octanol–water partition coefficient (Wildman–Crippen LogP) is 1.80. The minimum Gasteiger partial charge on any atom is -0.467 e. The zero-order chi connectivity index (χ0) is 21.8. The third-order valence-electron chi connectivity index (χ3n) is 5.10. The monoisotopic (exact) mass is 426 g/mol. The van der Waals surface area contributed by atoms with E-state index in [1.807, 2.05) is 27.7 Å². The molecule has 8 nitrogen and oxygen atoms in total. The maximum absolute atomic E-state index is 12.9. The first-order valence-corrected chi connectivity index (χ1v) is 11.2. The van der Waals surface area contributed by atoms with Gasteiger partial charge in [-0.25, -0.2) is 13.2 Å². The first-order valence-electron chi connectivity index (χ1n) is 9.74. The SMILES string of the molecule is CC[C@H](C)[C@H](NC(=O)c1ccc(S(=O)(=O)N2C[C@@H](C)O[C@H](C)C2)cc1)C(=O)OC. The fourth-order valence-electron chi connectivity index (χ4n) is 3.28. The zero-order valence-corrected chi connectivity index (χ0v) is 18.4. The summed E-state index contributed by atoms with van der Waals surface area (Å²) in [6, 6.07) is 4.94. The van der Waals surface area contributed by atoms with Crippen molar-refractivity contribution in [2.45, 2.75) is 57.3 Å². The molecule has 1 aliphatic heterocycles. The van der Waals surface area contributed by atoms with Crippen molar-refractivity contribution in [2.24, 2.45) is 5.92 Å². The number of hydrogen-bond acceptors (Lipinski definition) is 6. The molecule has 1 aromatic carbocycles. The molecular weight excluding hydrogens is 396 g/mol. The van der Waals surface area contributed by atoms with E-state index >= 15 is 0 Å². The van der Waals surface area contributed by atoms with Gasteiger partial charge in [-0.3, -0.25) is 4.79 Å². The molecule has 0 aromatic heterocycles. The molecule has 29 heavy (non-hydrogen) atoms. The van der Waals surface area contributed by atoms with Gasteiger partial charge in [0.05, 0.1) is 24.2 Å². The van der Waals surface area contributed by atoms with E-state index in [-0.39, 0.29) is 41.7 Å². The molecule has 1 N–H and O–H groups in total. The Morgan fingerprint density at radius 1 is 1.21 bits per heavy atom. The van der Waals surface area contributed by atoms with Gasteiger partial charge in [0.25, 0.3) is 5.91 Å². The van der Waals surface area contributed by atoms with Crippen LogP contribution >= 0.6 is 0 Å². The van der Waals surface area contributed by atoms with Crippen LogP contribution in [0.4, 0.5) is 0 Å². The fraction of sp³-hybridized carbons (Fsp3) is 0.600. The Balaban J connectivity index is 2.16. The second-order valence-corrected chi connectivity index (χ2v) is 9.40. The van der Waals surface area contributed by atoms with Crippen molar-refractivity contribution in [3.63, 3.8) is 0 Å². The lowest BCUT2D eigenvalue weighted by Crippen LogP contribution is -2.48. The lowest BCUT2D eigenvalue weighted by Gasteiger charge is -2.34. The van der Waals surface area contributed by atoms with E-state index in [1.165, 1.54) is 35.7 Å². The van der Waals surface area contributed by atoms with Crippen LogP contribution in [0.1, 0.15) is 44.5 Å². The number of ether oxygens (including phenoxy) is 2. The third-order valence-corrected chi connectivity index (χ3v) is 6.94. The number of methoxy groups -OCH3 is 1. The summed E-state index contributed by atoms with van der Waals surface area (Å²) in [6.45, 7) is 8.00. The van der Waals surface area contributed by atoms with Crippen LogP contribution in [0.3, 0.4) is 0 Å². The molecule has 0 spiro atoms. The maximum atomic E-state index is 12.9. The van der Waals surface area contributed by atoms with Gasteiger partial charge in [-0.2, -0.15) is 4.31 Å². The molecular formula is C20H30N2O6S. The molecule has 1 aromatic rings. The molecule has 4 atom stereocenters. The molecule has 9 heteroatoms. The number of carbonyl (C=O) groups excluding carboxylic acids is 2. The number of hydrogen-bond donors (Lipinski definition) is 1. The summed E-state index contributed by atoms with van der Waals surface area (Å²) in [7, 11) is -2.41. The second-order valence-electron chi connectivity index (χ2n) is 7.46. The minimum atomic E-state index is -3.68. The van der Waals surface area contributed by atoms with Gasteiger partial charge >= 0.3 is 5.97 Å². The highest BCUT2D eigenvalue weighted by Gasteiger charge is 2.32. The molecule has 1 fully saturated rings. The quantitative estimate of drug-likeness (QED) is 0.667. The Bertz CT molecular complexity index is 814. The minimum absolute atomic E-state index is 0.101. The number of rotatable bonds is 7. The number of amides is 1. The molecule has 0 aliphatic carbocycles. The average molecular weight is 427 g/mol. The highest BCUT2D eigenvalue weighted by Crippen LogP contribution is 2.21. The van der Waals surface area contributed by atoms with E-state index in [1.54, 1.807) is 0 Å². The number of nitrogens with one attached hydrogen (secondary N) is 1. The Kier molecular flexibility index (Phi) is 7.79. The number of sulfonamides is 1. The highest BCUT2D eigenvalue weighted by molar-refractivity contribution is 7.89. The summed E-state index contributed by atoms with van der Waals surface area (Å²) in [5.41, 5.74) is 0.268. The fourth-order valence-corrected chi connectivity index (χ4v) is 4.87. The van der Waals surface area contributed by atoms with Gasteiger partial charge in [0.1, 0.15) is 6.04 Å². The predicted molar refractivity (Wildman–Crippen MR) is 108 cm³/mol. The summed E-state index contributed by atoms with van der Waals surface area (Å²) >= 11 is 0. The van der Waals surface area contributed by atoms with Crippen molar-refractivity contribution in [3.8, 4) is 0 Å². The summed E-state index contributed by atoms with van der Waals surface area (Å²) in [5.74, 6) is -1.07. The van der Waals surface area contributed by atoms with Crippen molar-refractivity contribution in [1.82, 2.24) is 9.62 Å². The maximum Gasteiger partial charge on any atom is 0.328 e. The molecule has 1 saturated heterocycles. The molecule has 2 rings (SSSR count). The topological polar surface area (TPSA) is 102 Å². The van der Waals surface area contributed by atoms with Crippen molar-refractivity contribution in [2.75, 3.05) is 20.2 Å². The Labute approximate surface area is 172 Å². The zero-order valence-electron chi connectivity index (χ0n) is 17.5. The van der Waals surface area contributed by atoms with Crippen molar-refractivity contribution < 1.29 is 27.5 Å². The van der Waals surface area contributed by atoms with Crippen LogP contribution in [0.2, 0.25) is 0 Å². The van der Waals surface area contributed by atoms with Crippen LogP contribution in [-0.2, 0) is 24.3 Å². The van der Waals surface area contributed by atoms with Gasteiger partial charge in [0.15, 0.2) is 0 Å². The Morgan fingerprint density at radius 2 is 1.76 bits per heavy atom. The number of carbonyl (C=O) groups is 2. The number of nitrogens with zero attached hydrogens (tertiary/aromatic N) is 1. The van der Waals surface area contributed by atoms with Gasteiger partial charge in [0, 0.05) is 18.7 Å². The molecule has 1 heterocycles. The van der Waals surface area contributed by atoms with Crippen LogP contribution < -0.4 is 5.32 Å². The number of morpholine rings is 1. The summed E-state index contributed by atoms with van der Waals surface area (Å²) in [5, 5.41) is 2.68. The van der Waals surface area contributed by atoms with Gasteiger partial charge in [0.2, 0.25) is 10.0 Å². The summed E-state index contributed by atoms with van der Waals surface area (Å²) < 4.78 is 37.6. The van der Waals surface area contributed by atoms with Gasteiger partial charge in [-0.05, 0) is 44.0 Å². The molecule has 0 saturated carbocycles. The first kappa shape index (κ1) is 23.3. The van der Waals surface area contributed by atoms with E-state index in [0.29, 0.717) is 6.42 Å². The molecule has 0 bridgehead atoms. The lowest BCUT2D eigenvalue weighted by atomic mass is 9.99. The Morgan fingerprint density at radius 3 is 2.24 bits per heavy atom. The van der Waals surface area contributed by atoms with Crippen molar-refractivity contribution in [3.05, 3.63) is 29.8 Å². The smallest absolute Gasteiger partial charge is 0.328 e. The van der Waals surface area contributed by atoms with Crippen LogP contribution in [0.5, 0.6) is 0 Å². The van der Waals surface area contributed by atoms with Crippen LogP contribution in [0, 0.1) is 5.92 Å². The highest BCUT2D eigenvalue weighted by atomic mass is 32.2. The van der Waals surface area contributed by atoms with E-state index in [0.717, 1.165) is 0 Å². The van der Waals surface area contributed by atoms with Gasteiger partial charge < -0.3 is 14.8 Å². The molecule has 162 valence electrons. The lowest BCUT2D eigenvalue weighted by molar-refractivity contribution is -0.144. The molecule has 0 unspecified atom stereocenters. The van der Waals surface area contributed by atoms with E-state index in [4.69, 9.17) is 9.47 Å². The second kappa shape index (κ2) is 9.69. The first-order chi connectivity index (χ1) is 13.6. The molecule has 1 amide bonds. The van der Waals surface area contributed by atoms with Gasteiger partial charge in [-0.1, -0.05) is 20.3 Å². The van der Waals surface area contributed by atoms with Gasteiger partial charge in [-0.15, -0.1) is 0 Å². The largest absolute Gasteiger partial charge is 0.467 e. The molecule has 1 aliphatic rings. The van der Waals surface area contributed by atoms with Crippen molar-refractivity contribution >= 4 is 21.9 Å². The summed E-state index contributed by atoms with van der Waals surface area (Å²) in [6.07, 6.45) is 0.317. The standard InChI is InChI=1S/C20H30N2O6S/c1-6-13(2)18(20(24)27-5)21-19(23)16-7-9-17(10-8-16)29(25,26)22-11-14(3)28-15(4)12-22/h7-10,13-15,18H,6,11-12H2,1-5H3,(H,21,23)/t13-,14+,15+,18-/m0/s1. The van der Waals surface area contributed by atoms with Crippen LogP contribution in [-0.4, -0.2) is 63.0 Å². The summed E-state index contributed by atoms with van der Waals surface area (Å²) in [4.78, 5) is 24.6. The van der Waals surface area contributed by atoms with E-state index in [2.05, 4.69) is 5.32 Å². The Hall–Kier alpha value is -1.97. The normalized spacial score (nSPS) is 22.5. The average Bonchev–Trinajstić information content (AvgIpc) is 2.70. The number of esters is 1. The van der Waals surface area contributed by atoms with Crippen molar-refractivity contribution in [1.29, 1.82) is 0 Å². The van der Waals surface area contributed by atoms with E-state index < -0.39 is 27.9 Å². The third kappa shape index (κ3) is 5.55. The number of benzene rings is 1. The van der Waals surface area contributed by atoms with Crippen LogP contribution in [0.15, 0.2) is 29.2 Å². The molecule has 0 radical (unpaired) electrons. The van der Waals surface area contributed by atoms with Crippen LogP contribution in [0.25, 0.3) is 0 Å².